The first kappa shape index (κ1) is 14.5. The highest BCUT2D eigenvalue weighted by Crippen LogP contribution is 2.23. The summed E-state index contributed by atoms with van der Waals surface area (Å²) in [5.41, 5.74) is 0.484. The van der Waals surface area contributed by atoms with Crippen molar-refractivity contribution < 1.29 is 19.1 Å². The van der Waals surface area contributed by atoms with Crippen LogP contribution in [0.25, 0.3) is 0 Å². The zero-order chi connectivity index (χ0) is 14.5. The summed E-state index contributed by atoms with van der Waals surface area (Å²) >= 11 is 2.52. The summed E-state index contributed by atoms with van der Waals surface area (Å²) in [5, 5.41) is 20.0. The van der Waals surface area contributed by atoms with Crippen LogP contribution in [0.5, 0.6) is 0 Å². The first-order valence-corrected chi connectivity index (χ1v) is 7.28. The lowest BCUT2D eigenvalue weighted by Gasteiger charge is -1.98. The molecule has 0 aliphatic heterocycles. The highest BCUT2D eigenvalue weighted by molar-refractivity contribution is 8.01. The summed E-state index contributed by atoms with van der Waals surface area (Å²) in [6, 6.07) is 0.0544. The van der Waals surface area contributed by atoms with Crippen LogP contribution in [0.4, 0.5) is 6.01 Å². The highest BCUT2D eigenvalue weighted by atomic mass is 32.2. The molecule has 8 nitrogen and oxygen atoms in total. The van der Waals surface area contributed by atoms with E-state index >= 15 is 0 Å². The first-order chi connectivity index (χ1) is 9.52. The average Bonchev–Trinajstić information content (AvgIpc) is 2.96. The van der Waals surface area contributed by atoms with Gasteiger partial charge in [0.05, 0.1) is 17.9 Å². The van der Waals surface area contributed by atoms with E-state index < -0.39 is 5.97 Å². The minimum atomic E-state index is -0.934. The van der Waals surface area contributed by atoms with E-state index in [0.717, 1.165) is 0 Å². The highest BCUT2D eigenvalue weighted by Gasteiger charge is 2.11. The van der Waals surface area contributed by atoms with Gasteiger partial charge in [0, 0.05) is 12.3 Å². The summed E-state index contributed by atoms with van der Waals surface area (Å²) < 4.78 is 5.65. The van der Waals surface area contributed by atoms with E-state index in [0.29, 0.717) is 15.9 Å². The van der Waals surface area contributed by atoms with E-state index in [1.54, 1.807) is 12.3 Å². The van der Waals surface area contributed by atoms with Crippen LogP contribution >= 0.6 is 23.1 Å². The van der Waals surface area contributed by atoms with Gasteiger partial charge in [-0.1, -0.05) is 16.9 Å². The Morgan fingerprint density at radius 2 is 2.30 bits per heavy atom. The van der Waals surface area contributed by atoms with Crippen molar-refractivity contribution in [3.8, 4) is 0 Å². The second-order valence-electron chi connectivity index (χ2n) is 3.64. The zero-order valence-corrected chi connectivity index (χ0v) is 12.0. The number of anilines is 1. The van der Waals surface area contributed by atoms with Crippen molar-refractivity contribution in [1.29, 1.82) is 0 Å². The SMILES string of the molecule is Cc1nnc(NC(=O)CSc2nc(CC(=O)O)cs2)o1. The van der Waals surface area contributed by atoms with Crippen molar-refractivity contribution in [1.82, 2.24) is 15.2 Å². The molecule has 2 aromatic heterocycles. The number of carbonyl (C=O) groups excluding carboxylic acids is 1. The van der Waals surface area contributed by atoms with Crippen LogP contribution in [0.15, 0.2) is 14.1 Å². The van der Waals surface area contributed by atoms with Crippen molar-refractivity contribution in [3.63, 3.8) is 0 Å². The lowest BCUT2D eigenvalue weighted by atomic mass is 10.3. The third kappa shape index (κ3) is 4.31. The molecule has 0 saturated carbocycles. The Balaban J connectivity index is 1.81. The Bertz CT molecular complexity index is 624. The van der Waals surface area contributed by atoms with Crippen molar-refractivity contribution in [2.24, 2.45) is 0 Å². The van der Waals surface area contributed by atoms with Gasteiger partial charge < -0.3 is 9.52 Å². The van der Waals surface area contributed by atoms with Gasteiger partial charge in [0.1, 0.15) is 0 Å². The van der Waals surface area contributed by atoms with Crippen LogP contribution in [0.3, 0.4) is 0 Å². The number of rotatable bonds is 6. The molecule has 106 valence electrons. The predicted molar refractivity (Wildman–Crippen MR) is 71.8 cm³/mol. The molecule has 1 amide bonds. The van der Waals surface area contributed by atoms with E-state index in [-0.39, 0.29) is 24.1 Å². The fourth-order valence-electron chi connectivity index (χ4n) is 1.22. The number of amides is 1. The topological polar surface area (TPSA) is 118 Å². The Kier molecular flexibility index (Phi) is 4.69. The maximum Gasteiger partial charge on any atom is 0.322 e. The fourth-order valence-corrected chi connectivity index (χ4v) is 2.87. The number of aromatic nitrogens is 3. The van der Waals surface area contributed by atoms with Gasteiger partial charge in [0.25, 0.3) is 0 Å². The molecule has 20 heavy (non-hydrogen) atoms. The number of carbonyl (C=O) groups is 2. The van der Waals surface area contributed by atoms with Crippen molar-refractivity contribution in [2.45, 2.75) is 17.7 Å². The zero-order valence-electron chi connectivity index (χ0n) is 10.3. The minimum absolute atomic E-state index is 0.0544. The predicted octanol–water partition coefficient (Wildman–Crippen LogP) is 1.19. The molecule has 0 fully saturated rings. The number of thiazole rings is 1. The molecule has 0 radical (unpaired) electrons. The molecule has 2 rings (SSSR count). The molecule has 0 bridgehead atoms. The first-order valence-electron chi connectivity index (χ1n) is 5.42. The number of aliphatic carboxylic acids is 1. The van der Waals surface area contributed by atoms with Gasteiger partial charge in [-0.25, -0.2) is 4.98 Å². The van der Waals surface area contributed by atoms with Gasteiger partial charge in [-0.15, -0.1) is 16.4 Å². The standard InChI is InChI=1S/C10H10N4O4S2/c1-5-13-14-9(18-5)12-7(15)4-20-10-11-6(3-19-10)2-8(16)17/h3H,2,4H2,1H3,(H,16,17)(H,12,14,15). The van der Waals surface area contributed by atoms with Crippen LogP contribution in [0, 0.1) is 6.92 Å². The molecule has 2 N–H and O–H groups in total. The van der Waals surface area contributed by atoms with Crippen LogP contribution in [0.2, 0.25) is 0 Å². The minimum Gasteiger partial charge on any atom is -0.481 e. The average molecular weight is 314 g/mol. The summed E-state index contributed by atoms with van der Waals surface area (Å²) in [4.78, 5) is 26.2. The summed E-state index contributed by atoms with van der Waals surface area (Å²) in [6.07, 6.45) is -0.121. The summed E-state index contributed by atoms with van der Waals surface area (Å²) in [6.45, 7) is 1.62. The van der Waals surface area contributed by atoms with Gasteiger partial charge in [-0.2, -0.15) is 0 Å². The van der Waals surface area contributed by atoms with E-state index in [4.69, 9.17) is 9.52 Å². The second-order valence-corrected chi connectivity index (χ2v) is 5.72. The molecule has 0 unspecified atom stereocenters. The van der Waals surface area contributed by atoms with Gasteiger partial charge >= 0.3 is 12.0 Å². The number of nitrogens with one attached hydrogen (secondary N) is 1. The van der Waals surface area contributed by atoms with Gasteiger partial charge in [0.2, 0.25) is 11.8 Å². The Morgan fingerprint density at radius 1 is 1.50 bits per heavy atom. The van der Waals surface area contributed by atoms with Crippen LogP contribution < -0.4 is 5.32 Å². The Hall–Kier alpha value is -1.94. The molecule has 0 aliphatic rings. The number of carboxylic acid groups (broad SMARTS) is 1. The van der Waals surface area contributed by atoms with Gasteiger partial charge in [-0.3, -0.25) is 14.9 Å². The van der Waals surface area contributed by atoms with Crippen molar-refractivity contribution in [3.05, 3.63) is 17.0 Å². The largest absolute Gasteiger partial charge is 0.481 e. The van der Waals surface area contributed by atoms with Crippen LogP contribution in [-0.4, -0.2) is 37.9 Å². The van der Waals surface area contributed by atoms with Gasteiger partial charge in [0.15, 0.2) is 4.34 Å². The van der Waals surface area contributed by atoms with Crippen LogP contribution in [-0.2, 0) is 16.0 Å². The lowest BCUT2D eigenvalue weighted by Crippen LogP contribution is -2.14. The third-order valence-electron chi connectivity index (χ3n) is 1.96. The maximum atomic E-state index is 11.6. The molecule has 10 heteroatoms. The molecule has 0 aliphatic carbocycles. The maximum absolute atomic E-state index is 11.6. The van der Waals surface area contributed by atoms with E-state index in [1.165, 1.54) is 23.1 Å². The number of hydrogen-bond donors (Lipinski definition) is 2. The lowest BCUT2D eigenvalue weighted by molar-refractivity contribution is -0.136. The molecule has 0 spiro atoms. The summed E-state index contributed by atoms with van der Waals surface area (Å²) in [5.74, 6) is -0.738. The number of carboxylic acids is 1. The second kappa shape index (κ2) is 6.48. The van der Waals surface area contributed by atoms with E-state index in [1.807, 2.05) is 0 Å². The normalized spacial score (nSPS) is 10.4. The quantitative estimate of drug-likeness (QED) is 0.763. The number of hydrogen-bond acceptors (Lipinski definition) is 8. The third-order valence-corrected chi connectivity index (χ3v) is 4.03. The monoisotopic (exact) mass is 314 g/mol. The molecule has 0 saturated heterocycles. The molecule has 0 aromatic carbocycles. The van der Waals surface area contributed by atoms with Crippen molar-refractivity contribution >= 4 is 41.0 Å². The molecular weight excluding hydrogens is 304 g/mol. The summed E-state index contributed by atoms with van der Waals surface area (Å²) in [7, 11) is 0. The number of nitrogens with zero attached hydrogens (tertiary/aromatic N) is 3. The molecule has 2 aromatic rings. The molecule has 0 atom stereocenters. The van der Waals surface area contributed by atoms with Crippen molar-refractivity contribution in [2.75, 3.05) is 11.1 Å². The Labute approximate surface area is 121 Å². The Morgan fingerprint density at radius 3 is 2.95 bits per heavy atom. The number of thioether (sulfide) groups is 1. The van der Waals surface area contributed by atoms with Crippen LogP contribution in [0.1, 0.15) is 11.6 Å². The molecule has 2 heterocycles. The van der Waals surface area contributed by atoms with E-state index in [9.17, 15) is 9.59 Å². The fraction of sp³-hybridized carbons (Fsp3) is 0.300. The van der Waals surface area contributed by atoms with E-state index in [2.05, 4.69) is 20.5 Å². The number of aryl methyl sites for hydroxylation is 1. The molecular formula is C10H10N4O4S2. The van der Waals surface area contributed by atoms with Gasteiger partial charge in [-0.05, 0) is 0 Å². The smallest absolute Gasteiger partial charge is 0.322 e.